The molecule has 102 valence electrons. The minimum atomic E-state index is -0.133. The smallest absolute Gasteiger partial charge is 0.248 e. The van der Waals surface area contributed by atoms with Crippen LogP contribution in [-0.4, -0.2) is 20.0 Å². The molecule has 0 aliphatic rings. The first-order chi connectivity index (χ1) is 9.65. The van der Waals surface area contributed by atoms with Crippen molar-refractivity contribution in [2.24, 2.45) is 0 Å². The van der Waals surface area contributed by atoms with Crippen molar-refractivity contribution in [2.75, 3.05) is 24.3 Å². The zero-order valence-corrected chi connectivity index (χ0v) is 11.7. The molecule has 0 aliphatic heterocycles. The number of nitrogens with zero attached hydrogens (tertiary/aromatic N) is 1. The second-order valence-corrected chi connectivity index (χ2v) is 4.67. The third-order valence-corrected chi connectivity index (χ3v) is 2.88. The number of nitrogens with one attached hydrogen (secondary N) is 1. The van der Waals surface area contributed by atoms with Gasteiger partial charge < -0.3 is 10.2 Å². The lowest BCUT2D eigenvalue weighted by atomic mass is 10.2. The quantitative estimate of drug-likeness (QED) is 0.860. The molecular weight excluding hydrogens is 248 g/mol. The summed E-state index contributed by atoms with van der Waals surface area (Å²) in [5.74, 6) is -0.133. The number of benzene rings is 2. The highest BCUT2D eigenvalue weighted by atomic mass is 16.1. The molecule has 2 rings (SSSR count). The van der Waals surface area contributed by atoms with Crippen LogP contribution in [0.4, 0.5) is 11.4 Å². The van der Waals surface area contributed by atoms with E-state index in [4.69, 9.17) is 0 Å². The van der Waals surface area contributed by atoms with Gasteiger partial charge in [0.1, 0.15) is 0 Å². The Morgan fingerprint density at radius 3 is 2.25 bits per heavy atom. The van der Waals surface area contributed by atoms with Crippen molar-refractivity contribution in [3.8, 4) is 0 Å². The molecule has 0 unspecified atom stereocenters. The van der Waals surface area contributed by atoms with Gasteiger partial charge in [0.05, 0.1) is 0 Å². The molecule has 1 amide bonds. The molecule has 0 atom stereocenters. The van der Waals surface area contributed by atoms with E-state index in [9.17, 15) is 4.79 Å². The minimum Gasteiger partial charge on any atom is -0.378 e. The normalized spacial score (nSPS) is 10.5. The minimum absolute atomic E-state index is 0.133. The molecule has 3 heteroatoms. The fourth-order valence-corrected chi connectivity index (χ4v) is 1.76. The molecule has 0 heterocycles. The average molecular weight is 266 g/mol. The maximum Gasteiger partial charge on any atom is 0.248 e. The van der Waals surface area contributed by atoms with Crippen molar-refractivity contribution in [3.63, 3.8) is 0 Å². The van der Waals surface area contributed by atoms with Crippen molar-refractivity contribution >= 4 is 23.4 Å². The van der Waals surface area contributed by atoms with Crippen LogP contribution in [0.5, 0.6) is 0 Å². The van der Waals surface area contributed by atoms with Crippen LogP contribution in [0.25, 0.3) is 6.08 Å². The van der Waals surface area contributed by atoms with Crippen molar-refractivity contribution in [3.05, 3.63) is 66.2 Å². The predicted molar refractivity (Wildman–Crippen MR) is 84.9 cm³/mol. The van der Waals surface area contributed by atoms with Crippen LogP contribution >= 0.6 is 0 Å². The first-order valence-electron chi connectivity index (χ1n) is 6.46. The van der Waals surface area contributed by atoms with Crippen molar-refractivity contribution in [2.45, 2.75) is 0 Å². The number of anilines is 2. The Labute approximate surface area is 119 Å². The highest BCUT2D eigenvalue weighted by molar-refractivity contribution is 6.01. The van der Waals surface area contributed by atoms with E-state index >= 15 is 0 Å². The summed E-state index contributed by atoms with van der Waals surface area (Å²) in [4.78, 5) is 13.8. The molecule has 0 bridgehead atoms. The van der Waals surface area contributed by atoms with Gasteiger partial charge in [-0.05, 0) is 35.9 Å². The van der Waals surface area contributed by atoms with Gasteiger partial charge in [-0.2, -0.15) is 0 Å². The Morgan fingerprint density at radius 2 is 1.65 bits per heavy atom. The third kappa shape index (κ3) is 3.99. The topological polar surface area (TPSA) is 32.3 Å². The van der Waals surface area contributed by atoms with Crippen molar-refractivity contribution in [1.82, 2.24) is 0 Å². The van der Waals surface area contributed by atoms with Gasteiger partial charge in [0.25, 0.3) is 0 Å². The van der Waals surface area contributed by atoms with Gasteiger partial charge in [-0.15, -0.1) is 0 Å². The summed E-state index contributed by atoms with van der Waals surface area (Å²) in [6.07, 6.45) is 3.33. The fraction of sp³-hybridized carbons (Fsp3) is 0.118. The Balaban J connectivity index is 1.96. The second-order valence-electron chi connectivity index (χ2n) is 4.67. The average Bonchev–Trinajstić information content (AvgIpc) is 2.47. The van der Waals surface area contributed by atoms with E-state index in [0.717, 1.165) is 16.9 Å². The fourth-order valence-electron chi connectivity index (χ4n) is 1.76. The molecule has 0 radical (unpaired) electrons. The highest BCUT2D eigenvalue weighted by Crippen LogP contribution is 2.15. The van der Waals surface area contributed by atoms with E-state index in [0.29, 0.717) is 0 Å². The van der Waals surface area contributed by atoms with E-state index in [2.05, 4.69) is 5.32 Å². The summed E-state index contributed by atoms with van der Waals surface area (Å²) in [5, 5.41) is 2.83. The Bertz CT molecular complexity index is 586. The molecule has 2 aromatic carbocycles. The molecule has 0 saturated heterocycles. The molecule has 0 fully saturated rings. The Morgan fingerprint density at radius 1 is 1.00 bits per heavy atom. The van der Waals surface area contributed by atoms with Gasteiger partial charge in [-0.25, -0.2) is 0 Å². The number of carbonyl (C=O) groups is 1. The molecule has 1 N–H and O–H groups in total. The molecule has 2 aromatic rings. The van der Waals surface area contributed by atoms with E-state index in [1.54, 1.807) is 6.08 Å². The third-order valence-electron chi connectivity index (χ3n) is 2.88. The molecule has 0 saturated carbocycles. The van der Waals surface area contributed by atoms with E-state index in [1.807, 2.05) is 73.6 Å². The zero-order chi connectivity index (χ0) is 14.4. The van der Waals surface area contributed by atoms with E-state index < -0.39 is 0 Å². The van der Waals surface area contributed by atoms with Crippen molar-refractivity contribution < 1.29 is 4.79 Å². The number of amides is 1. The molecule has 20 heavy (non-hydrogen) atoms. The van der Waals surface area contributed by atoms with Gasteiger partial charge in [-0.1, -0.05) is 30.3 Å². The standard InChI is InChI=1S/C17H18N2O/c1-19(2)16-11-9-15(10-12-16)18-17(20)13-8-14-6-4-3-5-7-14/h3-13H,1-2H3,(H,18,20). The molecular formula is C17H18N2O. The molecule has 0 aliphatic carbocycles. The van der Waals surface area contributed by atoms with Crippen LogP contribution in [0.2, 0.25) is 0 Å². The lowest BCUT2D eigenvalue weighted by molar-refractivity contribution is -0.111. The van der Waals surface area contributed by atoms with Gasteiger partial charge in [0.15, 0.2) is 0 Å². The maximum absolute atomic E-state index is 11.8. The number of hydrogen-bond donors (Lipinski definition) is 1. The van der Waals surface area contributed by atoms with Crippen molar-refractivity contribution in [1.29, 1.82) is 0 Å². The lowest BCUT2D eigenvalue weighted by Gasteiger charge is -2.12. The van der Waals surface area contributed by atoms with Crippen LogP contribution in [0.1, 0.15) is 5.56 Å². The van der Waals surface area contributed by atoms with Crippen LogP contribution in [0, 0.1) is 0 Å². The highest BCUT2D eigenvalue weighted by Gasteiger charge is 1.99. The monoisotopic (exact) mass is 266 g/mol. The number of carbonyl (C=O) groups excluding carboxylic acids is 1. The van der Waals surface area contributed by atoms with Gasteiger partial charge in [-0.3, -0.25) is 4.79 Å². The molecule has 0 aromatic heterocycles. The van der Waals surface area contributed by atoms with Gasteiger partial charge in [0, 0.05) is 31.5 Å². The lowest BCUT2D eigenvalue weighted by Crippen LogP contribution is -2.10. The summed E-state index contributed by atoms with van der Waals surface area (Å²) in [6.45, 7) is 0. The molecule has 3 nitrogen and oxygen atoms in total. The SMILES string of the molecule is CN(C)c1ccc(NC(=O)C=Cc2ccccc2)cc1. The maximum atomic E-state index is 11.8. The van der Waals surface area contributed by atoms with Crippen LogP contribution < -0.4 is 10.2 Å². The summed E-state index contributed by atoms with van der Waals surface area (Å²) in [5.41, 5.74) is 2.90. The predicted octanol–water partition coefficient (Wildman–Crippen LogP) is 3.40. The van der Waals surface area contributed by atoms with E-state index in [-0.39, 0.29) is 5.91 Å². The van der Waals surface area contributed by atoms with Gasteiger partial charge in [0.2, 0.25) is 5.91 Å². The van der Waals surface area contributed by atoms with E-state index in [1.165, 1.54) is 6.08 Å². The largest absolute Gasteiger partial charge is 0.378 e. The number of hydrogen-bond acceptors (Lipinski definition) is 2. The summed E-state index contributed by atoms with van der Waals surface area (Å²) < 4.78 is 0. The molecule has 0 spiro atoms. The zero-order valence-electron chi connectivity index (χ0n) is 11.7. The summed E-state index contributed by atoms with van der Waals surface area (Å²) >= 11 is 0. The van der Waals surface area contributed by atoms with Crippen LogP contribution in [0.15, 0.2) is 60.7 Å². The first kappa shape index (κ1) is 13.9. The van der Waals surface area contributed by atoms with Crippen LogP contribution in [-0.2, 0) is 4.79 Å². The second kappa shape index (κ2) is 6.57. The first-order valence-corrected chi connectivity index (χ1v) is 6.46. The Hall–Kier alpha value is -2.55. The van der Waals surface area contributed by atoms with Gasteiger partial charge >= 0.3 is 0 Å². The number of rotatable bonds is 4. The summed E-state index contributed by atoms with van der Waals surface area (Å²) in [6, 6.07) is 17.5. The Kier molecular flexibility index (Phi) is 4.56. The summed E-state index contributed by atoms with van der Waals surface area (Å²) in [7, 11) is 3.96. The van der Waals surface area contributed by atoms with Crippen LogP contribution in [0.3, 0.4) is 0 Å².